The second-order valence-electron chi connectivity index (χ2n) is 7.76. The molecule has 0 saturated heterocycles. The average molecular weight is 577 g/mol. The minimum absolute atomic E-state index is 0.0498. The Morgan fingerprint density at radius 3 is 2.24 bits per heavy atom. The summed E-state index contributed by atoms with van der Waals surface area (Å²) in [6.07, 6.45) is 2.98. The Labute approximate surface area is 230 Å². The van der Waals surface area contributed by atoms with Gasteiger partial charge in [-0.1, -0.05) is 79.7 Å². The van der Waals surface area contributed by atoms with Crippen molar-refractivity contribution in [1.82, 2.24) is 5.01 Å². The summed E-state index contributed by atoms with van der Waals surface area (Å²) in [5, 5.41) is 7.73. The van der Waals surface area contributed by atoms with E-state index in [2.05, 4.69) is 9.12 Å². The summed E-state index contributed by atoms with van der Waals surface area (Å²) in [7, 11) is -4.98. The van der Waals surface area contributed by atoms with E-state index in [0.717, 1.165) is 23.1 Å². The molecular weight excluding hydrogens is 548 g/mol. The van der Waals surface area contributed by atoms with E-state index < -0.39 is 21.0 Å². The van der Waals surface area contributed by atoms with Gasteiger partial charge < -0.3 is 0 Å². The molecule has 37 heavy (non-hydrogen) atoms. The van der Waals surface area contributed by atoms with E-state index in [0.29, 0.717) is 27.3 Å². The fourth-order valence-corrected chi connectivity index (χ4v) is 5.84. The van der Waals surface area contributed by atoms with Gasteiger partial charge >= 0.3 is 0 Å². The number of sulfonamides is 1. The predicted octanol–water partition coefficient (Wildman–Crippen LogP) is 5.98. The number of hydrazone groups is 1. The van der Waals surface area contributed by atoms with E-state index in [1.807, 2.05) is 62.6 Å². The summed E-state index contributed by atoms with van der Waals surface area (Å²) in [5.41, 5.74) is 3.25. The van der Waals surface area contributed by atoms with Gasteiger partial charge in [-0.25, -0.2) is 17.6 Å². The molecule has 1 aliphatic rings. The van der Waals surface area contributed by atoms with Crippen LogP contribution < -0.4 is 4.72 Å². The summed E-state index contributed by atoms with van der Waals surface area (Å²) >= 11 is 7.31. The number of thioether (sulfide) groups is 1. The van der Waals surface area contributed by atoms with Gasteiger partial charge in [0.25, 0.3) is 0 Å². The van der Waals surface area contributed by atoms with Crippen molar-refractivity contribution >= 4 is 60.9 Å². The third kappa shape index (κ3) is 7.91. The van der Waals surface area contributed by atoms with Crippen LogP contribution in [0.1, 0.15) is 30.9 Å². The van der Waals surface area contributed by atoms with Gasteiger partial charge in [-0.3, -0.25) is 4.72 Å². The number of amidine groups is 1. The molecule has 0 saturated carbocycles. The Morgan fingerprint density at radius 1 is 1.05 bits per heavy atom. The van der Waals surface area contributed by atoms with Crippen molar-refractivity contribution in [3.8, 4) is 0 Å². The first kappa shape index (κ1) is 28.9. The first-order chi connectivity index (χ1) is 17.7. The topological polar surface area (TPSA) is 91.2 Å². The molecular formula is C26H29ClN4O3S3. The molecule has 0 aliphatic carbocycles. The molecule has 0 radical (unpaired) electrons. The van der Waals surface area contributed by atoms with Gasteiger partial charge in [0, 0.05) is 16.6 Å². The van der Waals surface area contributed by atoms with Crippen molar-refractivity contribution < 1.29 is 12.6 Å². The summed E-state index contributed by atoms with van der Waals surface area (Å²) in [6.45, 7) is 4.53. The van der Waals surface area contributed by atoms with E-state index in [4.69, 9.17) is 16.7 Å². The zero-order chi connectivity index (χ0) is 27.0. The Hall–Kier alpha value is -2.66. The predicted molar refractivity (Wildman–Crippen MR) is 157 cm³/mol. The van der Waals surface area contributed by atoms with Crippen LogP contribution in [0.4, 0.5) is 5.69 Å². The lowest BCUT2D eigenvalue weighted by atomic mass is 9.90. The summed E-state index contributed by atoms with van der Waals surface area (Å²) in [4.78, 5) is 0.554. The molecule has 0 fully saturated rings. The monoisotopic (exact) mass is 576 g/mol. The van der Waals surface area contributed by atoms with Gasteiger partial charge in [0.2, 0.25) is 10.0 Å². The lowest BCUT2D eigenvalue weighted by molar-refractivity contribution is 0.485. The van der Waals surface area contributed by atoms with Crippen LogP contribution in [0.15, 0.2) is 93.3 Å². The third-order valence-corrected chi connectivity index (χ3v) is 7.83. The maximum atomic E-state index is 12.9. The van der Waals surface area contributed by atoms with Crippen LogP contribution in [0.25, 0.3) is 0 Å². The number of hydrogen-bond donors (Lipinski definition) is 1. The van der Waals surface area contributed by atoms with E-state index >= 15 is 0 Å². The molecule has 0 bridgehead atoms. The molecule has 3 aromatic rings. The number of halogens is 1. The number of hydrogen-bond acceptors (Lipinski definition) is 5. The molecule has 0 spiro atoms. The van der Waals surface area contributed by atoms with Gasteiger partial charge in [-0.05, 0) is 53.8 Å². The van der Waals surface area contributed by atoms with Crippen LogP contribution >= 0.6 is 23.4 Å². The highest BCUT2D eigenvalue weighted by Gasteiger charge is 2.31. The van der Waals surface area contributed by atoms with Crippen LogP contribution in [0.3, 0.4) is 0 Å². The Bertz CT molecular complexity index is 1380. The highest BCUT2D eigenvalue weighted by Crippen LogP contribution is 2.31. The summed E-state index contributed by atoms with van der Waals surface area (Å²) in [6, 6.07) is 23.9. The lowest BCUT2D eigenvalue weighted by Gasteiger charge is -2.17. The standard InChI is InChI=1S/C24H23ClN4O3S3.C2H6/c1-33-24(27-34(30)21-14-10-19(25)11-15-21)29-16-22(17-6-4-3-5-7-17)23(26-29)18-8-12-20(13-9-18)28-35(2,31)32;1-2/h3-15,22,28H,16H2,1-2H3;1-2H3/b27-24-;. The normalized spacial score (nSPS) is 16.5. The van der Waals surface area contributed by atoms with Gasteiger partial charge in [0.1, 0.15) is 0 Å². The zero-order valence-corrected chi connectivity index (χ0v) is 24.2. The molecule has 3 aromatic carbocycles. The molecule has 1 aliphatic heterocycles. The van der Waals surface area contributed by atoms with Crippen molar-refractivity contribution in [3.63, 3.8) is 0 Å². The first-order valence-corrected chi connectivity index (χ1v) is 16.1. The maximum absolute atomic E-state index is 12.9. The van der Waals surface area contributed by atoms with Crippen LogP contribution in [0.2, 0.25) is 5.02 Å². The molecule has 4 rings (SSSR count). The molecule has 0 amide bonds. The number of rotatable bonds is 6. The van der Waals surface area contributed by atoms with Crippen LogP contribution in [0.5, 0.6) is 0 Å². The van der Waals surface area contributed by atoms with Crippen LogP contribution in [-0.2, 0) is 21.0 Å². The number of anilines is 1. The molecule has 11 heteroatoms. The molecule has 1 heterocycles. The van der Waals surface area contributed by atoms with Gasteiger partial charge in [-0.15, -0.1) is 0 Å². The number of nitrogens with one attached hydrogen (secondary N) is 1. The second kappa shape index (κ2) is 13.2. The number of benzene rings is 3. The third-order valence-electron chi connectivity index (χ3n) is 5.18. The highest BCUT2D eigenvalue weighted by atomic mass is 35.5. The lowest BCUT2D eigenvalue weighted by Crippen LogP contribution is -2.24. The summed E-state index contributed by atoms with van der Waals surface area (Å²) < 4.78 is 42.9. The fourth-order valence-electron chi connectivity index (χ4n) is 3.62. The molecule has 7 nitrogen and oxygen atoms in total. The molecule has 196 valence electrons. The molecule has 2 atom stereocenters. The highest BCUT2D eigenvalue weighted by molar-refractivity contribution is 8.13. The van der Waals surface area contributed by atoms with Crippen molar-refractivity contribution in [2.45, 2.75) is 24.7 Å². The second-order valence-corrected chi connectivity index (χ2v) is 11.9. The quantitative estimate of drug-likeness (QED) is 0.288. The Kier molecular flexibility index (Phi) is 10.3. The van der Waals surface area contributed by atoms with Crippen molar-refractivity contribution in [2.75, 3.05) is 23.8 Å². The van der Waals surface area contributed by atoms with Crippen LogP contribution in [-0.4, -0.2) is 47.6 Å². The SMILES string of the molecule is CC.CS/C(=N\S(=O)c1ccc(Cl)cc1)N1CC(c2ccccc2)C(c2ccc(NS(C)(=O)=O)cc2)=N1. The van der Waals surface area contributed by atoms with Crippen LogP contribution in [0, 0.1) is 0 Å². The summed E-state index contributed by atoms with van der Waals surface area (Å²) in [5.74, 6) is -0.0498. The first-order valence-electron chi connectivity index (χ1n) is 11.5. The van der Waals surface area contributed by atoms with E-state index in [1.54, 1.807) is 41.4 Å². The largest absolute Gasteiger partial charge is 0.284 e. The van der Waals surface area contributed by atoms with Gasteiger partial charge in [0.05, 0.1) is 23.4 Å². The Balaban J connectivity index is 0.00000186. The van der Waals surface area contributed by atoms with Gasteiger partial charge in [-0.2, -0.15) is 9.50 Å². The van der Waals surface area contributed by atoms with Crippen molar-refractivity contribution in [2.24, 2.45) is 9.50 Å². The minimum Gasteiger partial charge on any atom is -0.284 e. The Morgan fingerprint density at radius 2 is 1.68 bits per heavy atom. The van der Waals surface area contributed by atoms with E-state index in [1.165, 1.54) is 11.8 Å². The average Bonchev–Trinajstić information content (AvgIpc) is 3.34. The smallest absolute Gasteiger partial charge is 0.229 e. The van der Waals surface area contributed by atoms with E-state index in [-0.39, 0.29) is 5.92 Å². The zero-order valence-electron chi connectivity index (χ0n) is 21.0. The van der Waals surface area contributed by atoms with Gasteiger partial charge in [0.15, 0.2) is 16.2 Å². The number of nitrogens with zero attached hydrogens (tertiary/aromatic N) is 3. The molecule has 1 N–H and O–H groups in total. The van der Waals surface area contributed by atoms with E-state index in [9.17, 15) is 12.6 Å². The molecule has 0 aromatic heterocycles. The van der Waals surface area contributed by atoms with Crippen molar-refractivity contribution in [3.05, 3.63) is 95.0 Å². The van der Waals surface area contributed by atoms with Crippen molar-refractivity contribution in [1.29, 1.82) is 0 Å². The maximum Gasteiger partial charge on any atom is 0.229 e. The minimum atomic E-state index is -3.37. The fraction of sp³-hybridized carbons (Fsp3) is 0.231. The molecule has 2 unspecified atom stereocenters.